The Kier molecular flexibility index (Phi) is 5.10. The highest BCUT2D eigenvalue weighted by atomic mass is 35.5. The van der Waals surface area contributed by atoms with Crippen molar-refractivity contribution in [3.8, 4) is 0 Å². The van der Waals surface area contributed by atoms with Crippen molar-refractivity contribution < 1.29 is 18.1 Å². The lowest BCUT2D eigenvalue weighted by molar-refractivity contribution is -0.384. The molecule has 0 saturated heterocycles. The van der Waals surface area contributed by atoms with Crippen molar-refractivity contribution in [2.24, 2.45) is 0 Å². The molecule has 1 aromatic carbocycles. The number of hydrogen-bond acceptors (Lipinski definition) is 7. The number of non-ortho nitro benzene ring substituents is 1. The van der Waals surface area contributed by atoms with E-state index in [1.807, 2.05) is 0 Å². The number of aromatic nitrogens is 2. The fourth-order valence-corrected chi connectivity index (χ4v) is 2.52. The highest BCUT2D eigenvalue weighted by Gasteiger charge is 2.21. The number of amides is 1. The molecule has 0 aliphatic heterocycles. The third kappa shape index (κ3) is 3.84. The van der Waals surface area contributed by atoms with E-state index in [9.17, 15) is 23.3 Å². The van der Waals surface area contributed by atoms with E-state index in [0.29, 0.717) is 0 Å². The zero-order valence-corrected chi connectivity index (χ0v) is 13.8. The average molecular weight is 371 g/mol. The van der Waals surface area contributed by atoms with Gasteiger partial charge in [0.05, 0.1) is 21.9 Å². The van der Waals surface area contributed by atoms with Crippen molar-refractivity contribution in [2.45, 2.75) is 12.1 Å². The first kappa shape index (κ1) is 17.8. The molecule has 0 fully saturated rings. The number of nitrogens with zero attached hydrogens (tertiary/aromatic N) is 3. The molecule has 0 spiro atoms. The minimum absolute atomic E-state index is 0.121. The van der Waals surface area contributed by atoms with Crippen molar-refractivity contribution in [1.82, 2.24) is 9.97 Å². The van der Waals surface area contributed by atoms with Gasteiger partial charge in [-0.25, -0.2) is 18.4 Å². The highest BCUT2D eigenvalue weighted by molar-refractivity contribution is 7.91. The lowest BCUT2D eigenvalue weighted by atomic mass is 10.2. The molecule has 0 aliphatic rings. The minimum Gasteiger partial charge on any atom is -0.321 e. The largest absolute Gasteiger partial charge is 0.321 e. The maximum Gasteiger partial charge on any atom is 0.275 e. The standard InChI is InChI=1S/C13H11ClN4O5S/c1-2-24(22,23)13-15-7-10(14)11(17-13)12(19)16-8-3-5-9(6-4-8)18(20)21/h3-7H,2H2,1H3,(H,16,19). The predicted octanol–water partition coefficient (Wildman–Crippen LogP) is 2.08. The van der Waals surface area contributed by atoms with Gasteiger partial charge in [0.1, 0.15) is 0 Å². The molecule has 2 aromatic rings. The number of rotatable bonds is 5. The number of nitro groups is 1. The van der Waals surface area contributed by atoms with E-state index in [0.717, 1.165) is 6.20 Å². The van der Waals surface area contributed by atoms with Gasteiger partial charge in [0.15, 0.2) is 5.69 Å². The molecular formula is C13H11ClN4O5S. The molecular weight excluding hydrogens is 360 g/mol. The van der Waals surface area contributed by atoms with Gasteiger partial charge in [-0.15, -0.1) is 0 Å². The molecule has 0 unspecified atom stereocenters. The van der Waals surface area contributed by atoms with Crippen LogP contribution in [0.4, 0.5) is 11.4 Å². The van der Waals surface area contributed by atoms with E-state index in [-0.39, 0.29) is 27.8 Å². The number of anilines is 1. The third-order valence-electron chi connectivity index (χ3n) is 2.93. The van der Waals surface area contributed by atoms with Crippen LogP contribution in [0.1, 0.15) is 17.4 Å². The maximum absolute atomic E-state index is 12.2. The maximum atomic E-state index is 12.2. The Balaban J connectivity index is 2.29. The summed E-state index contributed by atoms with van der Waals surface area (Å²) in [6.45, 7) is 1.42. The quantitative estimate of drug-likeness (QED) is 0.484. The molecule has 0 bridgehead atoms. The van der Waals surface area contributed by atoms with Crippen molar-refractivity contribution in [1.29, 1.82) is 0 Å². The number of hydrogen-bond donors (Lipinski definition) is 1. The minimum atomic E-state index is -3.69. The molecule has 1 N–H and O–H groups in total. The molecule has 9 nitrogen and oxygen atoms in total. The molecule has 126 valence electrons. The van der Waals surface area contributed by atoms with E-state index in [1.165, 1.54) is 31.2 Å². The number of benzene rings is 1. The first-order chi connectivity index (χ1) is 11.2. The topological polar surface area (TPSA) is 132 Å². The smallest absolute Gasteiger partial charge is 0.275 e. The Morgan fingerprint density at radius 1 is 1.33 bits per heavy atom. The summed E-state index contributed by atoms with van der Waals surface area (Å²) in [5, 5.41) is 12.4. The van der Waals surface area contributed by atoms with E-state index in [4.69, 9.17) is 11.6 Å². The van der Waals surface area contributed by atoms with Crippen LogP contribution >= 0.6 is 11.6 Å². The number of halogens is 1. The summed E-state index contributed by atoms with van der Waals surface area (Å²) in [5.74, 6) is -0.985. The average Bonchev–Trinajstić information content (AvgIpc) is 2.55. The van der Waals surface area contributed by atoms with Crippen molar-refractivity contribution in [3.05, 3.63) is 51.3 Å². The second kappa shape index (κ2) is 6.89. The zero-order chi connectivity index (χ0) is 17.9. The lowest BCUT2D eigenvalue weighted by Gasteiger charge is -2.07. The lowest BCUT2D eigenvalue weighted by Crippen LogP contribution is -2.18. The van der Waals surface area contributed by atoms with Crippen molar-refractivity contribution in [2.75, 3.05) is 11.1 Å². The number of carbonyl (C=O) groups is 1. The summed E-state index contributed by atoms with van der Waals surface area (Å²) in [6.07, 6.45) is 1.03. The number of nitro benzene ring substituents is 1. The molecule has 1 aromatic heterocycles. The summed E-state index contributed by atoms with van der Waals surface area (Å²) in [5.41, 5.74) is -0.179. The molecule has 0 radical (unpaired) electrons. The van der Waals surface area contributed by atoms with E-state index in [1.54, 1.807) is 0 Å². The van der Waals surface area contributed by atoms with Crippen LogP contribution in [-0.4, -0.2) is 35.0 Å². The van der Waals surface area contributed by atoms with Gasteiger partial charge in [-0.2, -0.15) is 0 Å². The van der Waals surface area contributed by atoms with Gasteiger partial charge >= 0.3 is 0 Å². The first-order valence-electron chi connectivity index (χ1n) is 6.55. The molecule has 11 heteroatoms. The summed E-state index contributed by atoms with van der Waals surface area (Å²) < 4.78 is 23.6. The Labute approximate surface area is 141 Å². The Hall–Kier alpha value is -2.59. The molecule has 1 heterocycles. The first-order valence-corrected chi connectivity index (χ1v) is 8.58. The van der Waals surface area contributed by atoms with Gasteiger partial charge in [0.25, 0.3) is 11.6 Å². The SMILES string of the molecule is CCS(=O)(=O)c1ncc(Cl)c(C(=O)Nc2ccc([N+](=O)[O-])cc2)n1. The van der Waals surface area contributed by atoms with Gasteiger partial charge in [-0.3, -0.25) is 14.9 Å². The van der Waals surface area contributed by atoms with Gasteiger partial charge < -0.3 is 5.32 Å². The Morgan fingerprint density at radius 3 is 2.50 bits per heavy atom. The molecule has 2 rings (SSSR count). The van der Waals surface area contributed by atoms with Crippen LogP contribution in [0.5, 0.6) is 0 Å². The van der Waals surface area contributed by atoms with Gasteiger partial charge in [-0.05, 0) is 12.1 Å². The molecule has 24 heavy (non-hydrogen) atoms. The number of carbonyl (C=O) groups excluding carboxylic acids is 1. The Bertz CT molecular complexity index is 899. The van der Waals surface area contributed by atoms with Gasteiger partial charge in [0.2, 0.25) is 15.0 Å². The molecule has 1 amide bonds. The van der Waals surface area contributed by atoms with Crippen LogP contribution in [0.15, 0.2) is 35.6 Å². The number of sulfone groups is 1. The Morgan fingerprint density at radius 2 is 1.96 bits per heavy atom. The van der Waals surface area contributed by atoms with Crippen molar-refractivity contribution >= 4 is 38.7 Å². The van der Waals surface area contributed by atoms with E-state index in [2.05, 4.69) is 15.3 Å². The van der Waals surface area contributed by atoms with Crippen LogP contribution in [0.25, 0.3) is 0 Å². The summed E-state index contributed by atoms with van der Waals surface area (Å²) in [4.78, 5) is 29.5. The van der Waals surface area contributed by atoms with Crippen LogP contribution in [0.2, 0.25) is 5.02 Å². The van der Waals surface area contributed by atoms with Crippen LogP contribution in [-0.2, 0) is 9.84 Å². The van der Waals surface area contributed by atoms with Crippen LogP contribution in [0, 0.1) is 10.1 Å². The fourth-order valence-electron chi connectivity index (χ4n) is 1.65. The summed E-state index contributed by atoms with van der Waals surface area (Å²) >= 11 is 5.85. The fraction of sp³-hybridized carbons (Fsp3) is 0.154. The highest BCUT2D eigenvalue weighted by Crippen LogP contribution is 2.19. The molecule has 0 atom stereocenters. The van der Waals surface area contributed by atoms with Crippen molar-refractivity contribution in [3.63, 3.8) is 0 Å². The zero-order valence-electron chi connectivity index (χ0n) is 12.3. The monoisotopic (exact) mass is 370 g/mol. The summed E-state index contributed by atoms with van der Waals surface area (Å²) in [7, 11) is -3.69. The molecule has 0 saturated carbocycles. The third-order valence-corrected chi connectivity index (χ3v) is 4.72. The van der Waals surface area contributed by atoms with E-state index >= 15 is 0 Å². The predicted molar refractivity (Wildman–Crippen MR) is 85.8 cm³/mol. The second-order valence-corrected chi connectivity index (χ2v) is 7.09. The van der Waals surface area contributed by atoms with Crippen LogP contribution < -0.4 is 5.32 Å². The molecule has 0 aliphatic carbocycles. The summed E-state index contributed by atoms with van der Waals surface area (Å²) in [6, 6.07) is 5.08. The van der Waals surface area contributed by atoms with Crippen LogP contribution in [0.3, 0.4) is 0 Å². The number of nitrogens with one attached hydrogen (secondary N) is 1. The van der Waals surface area contributed by atoms with E-state index < -0.39 is 25.8 Å². The van der Waals surface area contributed by atoms with Gasteiger partial charge in [-0.1, -0.05) is 18.5 Å². The normalized spacial score (nSPS) is 11.1. The second-order valence-electron chi connectivity index (χ2n) is 4.51. The van der Waals surface area contributed by atoms with Gasteiger partial charge in [0, 0.05) is 17.8 Å².